The molecule has 0 aromatic rings. The molecule has 0 spiro atoms. The van der Waals surface area contributed by atoms with Crippen molar-refractivity contribution in [3.05, 3.63) is 0 Å². The second-order valence-corrected chi connectivity index (χ2v) is 5.91. The lowest BCUT2D eigenvalue weighted by atomic mass is 10.1. The van der Waals surface area contributed by atoms with Crippen molar-refractivity contribution in [2.45, 2.75) is 53.0 Å². The lowest BCUT2D eigenvalue weighted by Gasteiger charge is -2.08. The standard InChI is InChI=1S/C13H26N2O/c1-10(2)14-7-5-6-12(16)15-9-11-8-13(11,3)4/h10-11,14H,5-9H2,1-4H3,(H,15,16). The van der Waals surface area contributed by atoms with Gasteiger partial charge in [0.15, 0.2) is 0 Å². The Bertz CT molecular complexity index is 236. The zero-order chi connectivity index (χ0) is 12.2. The van der Waals surface area contributed by atoms with Gasteiger partial charge in [-0.05, 0) is 30.7 Å². The van der Waals surface area contributed by atoms with Gasteiger partial charge in [0.05, 0.1) is 0 Å². The fourth-order valence-electron chi connectivity index (χ4n) is 1.89. The predicted molar refractivity (Wildman–Crippen MR) is 67.3 cm³/mol. The highest BCUT2D eigenvalue weighted by atomic mass is 16.1. The molecule has 3 nitrogen and oxygen atoms in total. The maximum atomic E-state index is 11.5. The summed E-state index contributed by atoms with van der Waals surface area (Å²) in [6.45, 7) is 10.6. The Morgan fingerprint density at radius 3 is 2.56 bits per heavy atom. The minimum atomic E-state index is 0.202. The number of hydrogen-bond donors (Lipinski definition) is 2. The van der Waals surface area contributed by atoms with Gasteiger partial charge in [-0.3, -0.25) is 4.79 Å². The third-order valence-corrected chi connectivity index (χ3v) is 3.40. The Kier molecular flexibility index (Phi) is 4.78. The lowest BCUT2D eigenvalue weighted by molar-refractivity contribution is -0.121. The third-order valence-electron chi connectivity index (χ3n) is 3.40. The van der Waals surface area contributed by atoms with Gasteiger partial charge in [0.1, 0.15) is 0 Å². The summed E-state index contributed by atoms with van der Waals surface area (Å²) in [5, 5.41) is 6.33. The van der Waals surface area contributed by atoms with Crippen molar-refractivity contribution in [2.75, 3.05) is 13.1 Å². The van der Waals surface area contributed by atoms with E-state index >= 15 is 0 Å². The van der Waals surface area contributed by atoms with E-state index in [1.807, 2.05) is 0 Å². The predicted octanol–water partition coefficient (Wildman–Crippen LogP) is 1.93. The smallest absolute Gasteiger partial charge is 0.220 e. The van der Waals surface area contributed by atoms with Crippen molar-refractivity contribution in [1.29, 1.82) is 0 Å². The van der Waals surface area contributed by atoms with Crippen LogP contribution in [0.2, 0.25) is 0 Å². The van der Waals surface area contributed by atoms with Crippen LogP contribution in [0.3, 0.4) is 0 Å². The largest absolute Gasteiger partial charge is 0.356 e. The zero-order valence-electron chi connectivity index (χ0n) is 11.1. The second-order valence-electron chi connectivity index (χ2n) is 5.91. The maximum Gasteiger partial charge on any atom is 0.220 e. The van der Waals surface area contributed by atoms with Crippen molar-refractivity contribution < 1.29 is 4.79 Å². The van der Waals surface area contributed by atoms with Crippen molar-refractivity contribution in [3.63, 3.8) is 0 Å². The summed E-state index contributed by atoms with van der Waals surface area (Å²) >= 11 is 0. The van der Waals surface area contributed by atoms with Crippen molar-refractivity contribution in [2.24, 2.45) is 11.3 Å². The van der Waals surface area contributed by atoms with Crippen LogP contribution >= 0.6 is 0 Å². The van der Waals surface area contributed by atoms with Gasteiger partial charge in [0, 0.05) is 19.0 Å². The summed E-state index contributed by atoms with van der Waals surface area (Å²) < 4.78 is 0. The number of nitrogens with one attached hydrogen (secondary N) is 2. The minimum absolute atomic E-state index is 0.202. The van der Waals surface area contributed by atoms with Gasteiger partial charge in [-0.2, -0.15) is 0 Å². The Hall–Kier alpha value is -0.570. The SMILES string of the molecule is CC(C)NCCCC(=O)NCC1CC1(C)C. The van der Waals surface area contributed by atoms with E-state index in [-0.39, 0.29) is 5.91 Å². The van der Waals surface area contributed by atoms with Gasteiger partial charge in [-0.1, -0.05) is 27.7 Å². The summed E-state index contributed by atoms with van der Waals surface area (Å²) in [6.07, 6.45) is 2.83. The first-order valence-electron chi connectivity index (χ1n) is 6.42. The first-order chi connectivity index (χ1) is 7.42. The highest BCUT2D eigenvalue weighted by Gasteiger charge is 2.45. The molecule has 0 aliphatic heterocycles. The Morgan fingerprint density at radius 1 is 1.44 bits per heavy atom. The lowest BCUT2D eigenvalue weighted by Crippen LogP contribution is -2.28. The Labute approximate surface area is 99.4 Å². The molecule has 0 bridgehead atoms. The molecular formula is C13H26N2O. The summed E-state index contributed by atoms with van der Waals surface area (Å²) in [7, 11) is 0. The first-order valence-corrected chi connectivity index (χ1v) is 6.42. The van der Waals surface area contributed by atoms with E-state index < -0.39 is 0 Å². The summed E-state index contributed by atoms with van der Waals surface area (Å²) in [5.74, 6) is 0.901. The van der Waals surface area contributed by atoms with Crippen LogP contribution in [0, 0.1) is 11.3 Å². The minimum Gasteiger partial charge on any atom is -0.356 e. The molecule has 0 radical (unpaired) electrons. The molecule has 0 heterocycles. The molecule has 1 aliphatic carbocycles. The molecule has 0 aromatic heterocycles. The van der Waals surface area contributed by atoms with Crippen molar-refractivity contribution in [1.82, 2.24) is 10.6 Å². The summed E-state index contributed by atoms with van der Waals surface area (Å²) in [4.78, 5) is 11.5. The average molecular weight is 226 g/mol. The Balaban J connectivity index is 1.95. The fraction of sp³-hybridized carbons (Fsp3) is 0.923. The van der Waals surface area contributed by atoms with E-state index in [2.05, 4.69) is 38.3 Å². The molecule has 1 atom stereocenters. The van der Waals surface area contributed by atoms with Gasteiger partial charge in [-0.15, -0.1) is 0 Å². The molecule has 16 heavy (non-hydrogen) atoms. The molecule has 1 saturated carbocycles. The van der Waals surface area contributed by atoms with Crippen LogP contribution in [0.4, 0.5) is 0 Å². The number of hydrogen-bond acceptors (Lipinski definition) is 2. The van der Waals surface area contributed by atoms with Crippen molar-refractivity contribution in [3.8, 4) is 0 Å². The first kappa shape index (κ1) is 13.5. The van der Waals surface area contributed by atoms with E-state index in [1.54, 1.807) is 0 Å². The van der Waals surface area contributed by atoms with Gasteiger partial charge in [0.25, 0.3) is 0 Å². The normalized spacial score (nSPS) is 22.2. The van der Waals surface area contributed by atoms with E-state index in [1.165, 1.54) is 6.42 Å². The highest BCUT2D eigenvalue weighted by Crippen LogP contribution is 2.50. The van der Waals surface area contributed by atoms with Gasteiger partial charge in [-0.25, -0.2) is 0 Å². The number of carbonyl (C=O) groups excluding carboxylic acids is 1. The van der Waals surface area contributed by atoms with Crippen LogP contribution in [0.25, 0.3) is 0 Å². The van der Waals surface area contributed by atoms with E-state index in [0.717, 1.165) is 19.5 Å². The molecule has 1 fully saturated rings. The molecule has 1 amide bonds. The van der Waals surface area contributed by atoms with Crippen LogP contribution in [0.5, 0.6) is 0 Å². The van der Waals surface area contributed by atoms with Gasteiger partial charge < -0.3 is 10.6 Å². The van der Waals surface area contributed by atoms with Gasteiger partial charge in [0.2, 0.25) is 5.91 Å². The third kappa shape index (κ3) is 4.97. The fourth-order valence-corrected chi connectivity index (χ4v) is 1.89. The number of amides is 1. The van der Waals surface area contributed by atoms with E-state index in [9.17, 15) is 4.79 Å². The molecule has 94 valence electrons. The number of carbonyl (C=O) groups is 1. The molecule has 1 rings (SSSR count). The van der Waals surface area contributed by atoms with Crippen LogP contribution in [0.15, 0.2) is 0 Å². The molecule has 0 saturated heterocycles. The molecule has 0 aromatic carbocycles. The topological polar surface area (TPSA) is 41.1 Å². The van der Waals surface area contributed by atoms with E-state index in [4.69, 9.17) is 0 Å². The zero-order valence-corrected chi connectivity index (χ0v) is 11.1. The van der Waals surface area contributed by atoms with Crippen LogP contribution in [-0.4, -0.2) is 25.0 Å². The average Bonchev–Trinajstić information content (AvgIpc) is 2.78. The van der Waals surface area contributed by atoms with Crippen LogP contribution < -0.4 is 10.6 Å². The van der Waals surface area contributed by atoms with Crippen LogP contribution in [0.1, 0.15) is 47.0 Å². The monoisotopic (exact) mass is 226 g/mol. The maximum absolute atomic E-state index is 11.5. The van der Waals surface area contributed by atoms with Crippen LogP contribution in [-0.2, 0) is 4.79 Å². The second kappa shape index (κ2) is 5.67. The molecule has 3 heteroatoms. The Morgan fingerprint density at radius 2 is 2.06 bits per heavy atom. The quantitative estimate of drug-likeness (QED) is 0.651. The molecule has 1 aliphatic rings. The summed E-state index contributed by atoms with van der Waals surface area (Å²) in [5.41, 5.74) is 0.465. The van der Waals surface area contributed by atoms with E-state index in [0.29, 0.717) is 23.8 Å². The molecular weight excluding hydrogens is 200 g/mol. The highest BCUT2D eigenvalue weighted by molar-refractivity contribution is 5.75. The molecule has 2 N–H and O–H groups in total. The molecule has 1 unspecified atom stereocenters. The van der Waals surface area contributed by atoms with Gasteiger partial charge >= 0.3 is 0 Å². The summed E-state index contributed by atoms with van der Waals surface area (Å²) in [6, 6.07) is 0.510. The van der Waals surface area contributed by atoms with Crippen molar-refractivity contribution >= 4 is 5.91 Å². The number of rotatable bonds is 7.